The smallest absolute Gasteiger partial charge is 0.269 e. The van der Waals surface area contributed by atoms with Gasteiger partial charge in [0.25, 0.3) is 5.69 Å². The van der Waals surface area contributed by atoms with Crippen molar-refractivity contribution in [3.8, 4) is 0 Å². The van der Waals surface area contributed by atoms with Gasteiger partial charge >= 0.3 is 0 Å². The molecule has 0 unspecified atom stereocenters. The van der Waals surface area contributed by atoms with E-state index in [9.17, 15) is 14.9 Å². The minimum Gasteiger partial charge on any atom is -0.298 e. The van der Waals surface area contributed by atoms with Gasteiger partial charge < -0.3 is 0 Å². The summed E-state index contributed by atoms with van der Waals surface area (Å²) in [5.41, 5.74) is 0.746. The van der Waals surface area contributed by atoms with Crippen LogP contribution in [0.4, 0.5) is 5.69 Å². The molecule has 6 nitrogen and oxygen atoms in total. The first-order valence-corrected chi connectivity index (χ1v) is 8.72. The van der Waals surface area contributed by atoms with Gasteiger partial charge in [-0.2, -0.15) is 0 Å². The maximum Gasteiger partial charge on any atom is 0.269 e. The minimum absolute atomic E-state index is 0.123. The molecule has 0 N–H and O–H groups in total. The van der Waals surface area contributed by atoms with E-state index in [2.05, 4.69) is 23.6 Å². The molecule has 0 spiro atoms. The minimum atomic E-state index is -0.363. The number of ketones is 1. The van der Waals surface area contributed by atoms with Crippen LogP contribution >= 0.6 is 0 Å². The number of Topliss-reactive ketones (excluding diaryl/α,β-unsaturated/α-hetero) is 1. The Morgan fingerprint density at radius 1 is 1.04 bits per heavy atom. The van der Waals surface area contributed by atoms with E-state index in [0.29, 0.717) is 5.78 Å². The number of carbonyl (C=O) groups excluding carboxylic acids is 1. The number of rotatable bonds is 4. The van der Waals surface area contributed by atoms with E-state index >= 15 is 0 Å². The monoisotopic (exact) mass is 329 g/mol. The van der Waals surface area contributed by atoms with Crippen LogP contribution in [0.2, 0.25) is 0 Å². The Bertz CT molecular complexity index is 658. The fourth-order valence-electron chi connectivity index (χ4n) is 5.15. The molecular formula is C18H23N3O3. The number of hydrogen-bond donors (Lipinski definition) is 0. The first-order chi connectivity index (χ1) is 11.4. The third-order valence-corrected chi connectivity index (χ3v) is 6.43. The summed E-state index contributed by atoms with van der Waals surface area (Å²) >= 11 is 0. The average molecular weight is 329 g/mol. The topological polar surface area (TPSA) is 66.7 Å². The molecule has 128 valence electrons. The SMILES string of the molecule is CCC12CN3CC(CC)(CN(C1)C3c1ccc([N+](=O)[O-])cc1)C2=O. The van der Waals surface area contributed by atoms with E-state index < -0.39 is 0 Å². The molecule has 0 radical (unpaired) electrons. The van der Waals surface area contributed by atoms with Crippen molar-refractivity contribution in [2.45, 2.75) is 32.9 Å². The van der Waals surface area contributed by atoms with E-state index in [0.717, 1.165) is 44.6 Å². The molecule has 5 rings (SSSR count). The van der Waals surface area contributed by atoms with Crippen molar-refractivity contribution in [3.05, 3.63) is 39.9 Å². The summed E-state index contributed by atoms with van der Waals surface area (Å²) in [5, 5.41) is 10.9. The van der Waals surface area contributed by atoms with Crippen LogP contribution in [0.25, 0.3) is 0 Å². The van der Waals surface area contributed by atoms with Crippen molar-refractivity contribution in [1.82, 2.24) is 9.80 Å². The number of carbonyl (C=O) groups is 1. The molecule has 1 aromatic rings. The van der Waals surface area contributed by atoms with Gasteiger partial charge in [0.2, 0.25) is 0 Å². The summed E-state index contributed by atoms with van der Waals surface area (Å²) in [5.74, 6) is 0.467. The molecular weight excluding hydrogens is 306 g/mol. The molecule has 4 aliphatic rings. The van der Waals surface area contributed by atoms with Crippen LogP contribution in [0.1, 0.15) is 38.4 Å². The fourth-order valence-corrected chi connectivity index (χ4v) is 5.15. The van der Waals surface area contributed by atoms with Gasteiger partial charge in [-0.1, -0.05) is 13.8 Å². The van der Waals surface area contributed by atoms with Crippen LogP contribution in [-0.2, 0) is 4.79 Å². The van der Waals surface area contributed by atoms with E-state index in [1.807, 2.05) is 12.1 Å². The molecule has 0 aromatic heterocycles. The van der Waals surface area contributed by atoms with Crippen molar-refractivity contribution in [2.24, 2.45) is 10.8 Å². The molecule has 4 saturated heterocycles. The highest BCUT2D eigenvalue weighted by molar-refractivity contribution is 5.93. The highest BCUT2D eigenvalue weighted by atomic mass is 16.6. The van der Waals surface area contributed by atoms with Crippen LogP contribution in [0.3, 0.4) is 0 Å². The van der Waals surface area contributed by atoms with Crippen molar-refractivity contribution in [1.29, 1.82) is 0 Å². The Balaban J connectivity index is 1.70. The zero-order valence-corrected chi connectivity index (χ0v) is 14.2. The lowest BCUT2D eigenvalue weighted by Crippen LogP contribution is -2.76. The summed E-state index contributed by atoms with van der Waals surface area (Å²) in [6, 6.07) is 6.90. The summed E-state index contributed by atoms with van der Waals surface area (Å²) in [6.07, 6.45) is 1.90. The standard InChI is InChI=1S/C18H23N3O3/c1-3-17-9-19-11-18(4-2,16(17)22)12-20(10-17)15(19)13-5-7-14(8-6-13)21(23)24/h5-8,15H,3-4,9-12H2,1-2H3. The molecule has 0 amide bonds. The maximum atomic E-state index is 13.1. The second-order valence-electron chi connectivity index (χ2n) is 7.63. The summed E-state index contributed by atoms with van der Waals surface area (Å²) in [6.45, 7) is 7.48. The first-order valence-electron chi connectivity index (χ1n) is 8.72. The second kappa shape index (κ2) is 5.10. The number of nitrogens with zero attached hydrogens (tertiary/aromatic N) is 3. The predicted molar refractivity (Wildman–Crippen MR) is 89.4 cm³/mol. The lowest BCUT2D eigenvalue weighted by molar-refractivity contribution is -0.384. The molecule has 4 aliphatic heterocycles. The Morgan fingerprint density at radius 3 is 1.88 bits per heavy atom. The van der Waals surface area contributed by atoms with E-state index in [1.165, 1.54) is 0 Å². The first kappa shape index (κ1) is 15.7. The molecule has 0 saturated carbocycles. The number of nitro groups is 1. The third-order valence-electron chi connectivity index (χ3n) is 6.43. The second-order valence-corrected chi connectivity index (χ2v) is 7.63. The van der Waals surface area contributed by atoms with E-state index in [1.54, 1.807) is 12.1 Å². The summed E-state index contributed by atoms with van der Waals surface area (Å²) in [4.78, 5) is 28.5. The lowest BCUT2D eigenvalue weighted by atomic mass is 9.58. The largest absolute Gasteiger partial charge is 0.298 e. The van der Waals surface area contributed by atoms with Gasteiger partial charge in [0.05, 0.1) is 21.9 Å². The quantitative estimate of drug-likeness (QED) is 0.627. The van der Waals surface area contributed by atoms with Crippen LogP contribution in [0.5, 0.6) is 0 Å². The molecule has 4 fully saturated rings. The molecule has 1 aromatic carbocycles. The Morgan fingerprint density at radius 2 is 1.50 bits per heavy atom. The van der Waals surface area contributed by atoms with E-state index in [4.69, 9.17) is 0 Å². The zero-order chi connectivity index (χ0) is 17.1. The number of non-ortho nitro benzene ring substituents is 1. The predicted octanol–water partition coefficient (Wildman–Crippen LogP) is 2.60. The molecule has 4 bridgehead atoms. The van der Waals surface area contributed by atoms with Crippen LogP contribution in [-0.4, -0.2) is 46.7 Å². The van der Waals surface area contributed by atoms with Crippen LogP contribution < -0.4 is 0 Å². The number of hydrogen-bond acceptors (Lipinski definition) is 5. The summed E-state index contributed by atoms with van der Waals surface area (Å²) in [7, 11) is 0. The van der Waals surface area contributed by atoms with E-state index in [-0.39, 0.29) is 27.6 Å². The molecule has 0 aliphatic carbocycles. The number of piperidine rings is 2. The molecule has 4 heterocycles. The van der Waals surface area contributed by atoms with Crippen LogP contribution in [0, 0.1) is 20.9 Å². The van der Waals surface area contributed by atoms with Crippen molar-refractivity contribution < 1.29 is 9.72 Å². The van der Waals surface area contributed by atoms with Crippen molar-refractivity contribution in [3.63, 3.8) is 0 Å². The molecule has 6 heteroatoms. The van der Waals surface area contributed by atoms with Crippen molar-refractivity contribution >= 4 is 11.5 Å². The summed E-state index contributed by atoms with van der Waals surface area (Å²) < 4.78 is 0. The van der Waals surface area contributed by atoms with Crippen LogP contribution in [0.15, 0.2) is 24.3 Å². The molecule has 0 atom stereocenters. The normalized spacial score (nSPS) is 40.1. The van der Waals surface area contributed by atoms with Gasteiger partial charge in [0.15, 0.2) is 0 Å². The highest BCUT2D eigenvalue weighted by Crippen LogP contribution is 2.54. The average Bonchev–Trinajstić information content (AvgIpc) is 2.58. The lowest BCUT2D eigenvalue weighted by Gasteiger charge is -2.66. The van der Waals surface area contributed by atoms with Gasteiger partial charge in [-0.15, -0.1) is 0 Å². The Kier molecular flexibility index (Phi) is 3.34. The van der Waals surface area contributed by atoms with Crippen molar-refractivity contribution in [2.75, 3.05) is 26.2 Å². The fraction of sp³-hybridized carbons (Fsp3) is 0.611. The number of benzene rings is 1. The number of nitro benzene ring substituents is 1. The molecule has 24 heavy (non-hydrogen) atoms. The maximum absolute atomic E-state index is 13.1. The Hall–Kier alpha value is -1.79. The highest BCUT2D eigenvalue weighted by Gasteiger charge is 2.64. The van der Waals surface area contributed by atoms with Gasteiger partial charge in [0.1, 0.15) is 5.78 Å². The van der Waals surface area contributed by atoms with Gasteiger partial charge in [-0.25, -0.2) is 0 Å². The van der Waals surface area contributed by atoms with Gasteiger partial charge in [-0.05, 0) is 30.5 Å². The van der Waals surface area contributed by atoms with Gasteiger partial charge in [-0.3, -0.25) is 24.7 Å². The third kappa shape index (κ3) is 1.93. The van der Waals surface area contributed by atoms with Gasteiger partial charge in [0, 0.05) is 38.3 Å². The Labute approximate surface area is 141 Å². The zero-order valence-electron chi connectivity index (χ0n) is 14.2.